The minimum Gasteiger partial charge on any atom is -0.364 e. The summed E-state index contributed by atoms with van der Waals surface area (Å²) in [6.07, 6.45) is 4.70. The molecule has 1 saturated heterocycles. The minimum absolute atomic E-state index is 0.100. The van der Waals surface area contributed by atoms with Gasteiger partial charge in [-0.2, -0.15) is 0 Å². The zero-order valence-corrected chi connectivity index (χ0v) is 10.5. The number of hydrogen-bond donors (Lipinski definition) is 1. The highest BCUT2D eigenvalue weighted by Crippen LogP contribution is 2.11. The zero-order valence-electron chi connectivity index (χ0n) is 10.5. The van der Waals surface area contributed by atoms with E-state index in [1.165, 1.54) is 12.8 Å². The molecule has 0 spiro atoms. The standard InChI is InChI=1S/C12H24N2O2/c1-12(2,10-13)16-9-11(15)14-7-5-3-4-6-8-14/h3-10,13H2,1-2H3. The van der Waals surface area contributed by atoms with Gasteiger partial charge in [-0.3, -0.25) is 4.79 Å². The molecule has 1 rings (SSSR count). The summed E-state index contributed by atoms with van der Waals surface area (Å²) < 4.78 is 5.52. The highest BCUT2D eigenvalue weighted by atomic mass is 16.5. The molecule has 1 aliphatic rings. The molecule has 1 heterocycles. The monoisotopic (exact) mass is 228 g/mol. The fourth-order valence-corrected chi connectivity index (χ4v) is 1.73. The molecule has 0 aromatic rings. The largest absolute Gasteiger partial charge is 0.364 e. The summed E-state index contributed by atoms with van der Waals surface area (Å²) in [5.74, 6) is 0.100. The molecule has 16 heavy (non-hydrogen) atoms. The van der Waals surface area contributed by atoms with Crippen LogP contribution in [-0.4, -0.2) is 42.6 Å². The smallest absolute Gasteiger partial charge is 0.248 e. The van der Waals surface area contributed by atoms with Gasteiger partial charge in [-0.05, 0) is 26.7 Å². The van der Waals surface area contributed by atoms with Crippen LogP contribution < -0.4 is 5.73 Å². The quantitative estimate of drug-likeness (QED) is 0.785. The molecule has 4 heteroatoms. The molecule has 0 bridgehead atoms. The van der Waals surface area contributed by atoms with Crippen molar-refractivity contribution in [3.63, 3.8) is 0 Å². The maximum Gasteiger partial charge on any atom is 0.248 e. The van der Waals surface area contributed by atoms with E-state index in [9.17, 15) is 4.79 Å². The minimum atomic E-state index is -0.401. The summed E-state index contributed by atoms with van der Waals surface area (Å²) in [5.41, 5.74) is 5.14. The van der Waals surface area contributed by atoms with E-state index in [0.717, 1.165) is 25.9 Å². The van der Waals surface area contributed by atoms with Gasteiger partial charge >= 0.3 is 0 Å². The van der Waals surface area contributed by atoms with Crippen LogP contribution >= 0.6 is 0 Å². The summed E-state index contributed by atoms with van der Waals surface area (Å²) in [7, 11) is 0. The average Bonchev–Trinajstić information content (AvgIpc) is 2.54. The molecule has 0 saturated carbocycles. The topological polar surface area (TPSA) is 55.6 Å². The Morgan fingerprint density at radius 3 is 2.31 bits per heavy atom. The second-order valence-corrected chi connectivity index (χ2v) is 5.05. The first kappa shape index (κ1) is 13.5. The Morgan fingerprint density at radius 2 is 1.81 bits per heavy atom. The van der Waals surface area contributed by atoms with Gasteiger partial charge in [0.15, 0.2) is 0 Å². The fourth-order valence-electron chi connectivity index (χ4n) is 1.73. The van der Waals surface area contributed by atoms with Gasteiger partial charge in [0.25, 0.3) is 0 Å². The second kappa shape index (κ2) is 6.21. The number of amides is 1. The highest BCUT2D eigenvalue weighted by molar-refractivity contribution is 5.77. The van der Waals surface area contributed by atoms with Gasteiger partial charge in [0.1, 0.15) is 6.61 Å². The molecule has 94 valence electrons. The zero-order chi connectivity index (χ0) is 12.0. The molecule has 1 aliphatic heterocycles. The molecular formula is C12H24N2O2. The van der Waals surface area contributed by atoms with E-state index < -0.39 is 5.60 Å². The molecule has 2 N–H and O–H groups in total. The summed E-state index contributed by atoms with van der Waals surface area (Å²) in [6.45, 7) is 6.16. The molecule has 0 unspecified atom stereocenters. The van der Waals surface area contributed by atoms with Crippen LogP contribution in [0.5, 0.6) is 0 Å². The van der Waals surface area contributed by atoms with Crippen molar-refractivity contribution in [3.05, 3.63) is 0 Å². The predicted molar refractivity (Wildman–Crippen MR) is 64.1 cm³/mol. The number of rotatable bonds is 4. The Balaban J connectivity index is 2.33. The molecule has 0 aromatic heterocycles. The number of carbonyl (C=O) groups is 1. The van der Waals surface area contributed by atoms with Crippen LogP contribution in [0.4, 0.5) is 0 Å². The van der Waals surface area contributed by atoms with Crippen LogP contribution in [0.1, 0.15) is 39.5 Å². The molecule has 1 fully saturated rings. The van der Waals surface area contributed by atoms with Crippen molar-refractivity contribution in [1.29, 1.82) is 0 Å². The first-order valence-electron chi connectivity index (χ1n) is 6.17. The lowest BCUT2D eigenvalue weighted by Gasteiger charge is -2.26. The number of nitrogens with zero attached hydrogens (tertiary/aromatic N) is 1. The average molecular weight is 228 g/mol. The predicted octanol–water partition coefficient (Wildman–Crippen LogP) is 1.14. The Kier molecular flexibility index (Phi) is 5.22. The molecular weight excluding hydrogens is 204 g/mol. The van der Waals surface area contributed by atoms with Gasteiger partial charge < -0.3 is 15.4 Å². The van der Waals surface area contributed by atoms with E-state index in [1.54, 1.807) is 0 Å². The lowest BCUT2D eigenvalue weighted by Crippen LogP contribution is -2.40. The van der Waals surface area contributed by atoms with Gasteiger partial charge in [0.2, 0.25) is 5.91 Å². The highest BCUT2D eigenvalue weighted by Gasteiger charge is 2.21. The second-order valence-electron chi connectivity index (χ2n) is 5.05. The Bertz CT molecular complexity index is 221. The van der Waals surface area contributed by atoms with Gasteiger partial charge in [0, 0.05) is 19.6 Å². The van der Waals surface area contributed by atoms with E-state index in [0.29, 0.717) is 6.54 Å². The third-order valence-corrected chi connectivity index (χ3v) is 3.04. The number of hydrogen-bond acceptors (Lipinski definition) is 3. The van der Waals surface area contributed by atoms with E-state index in [-0.39, 0.29) is 12.5 Å². The Labute approximate surface area is 98.1 Å². The lowest BCUT2D eigenvalue weighted by molar-refractivity contribution is -0.141. The maximum atomic E-state index is 11.9. The summed E-state index contributed by atoms with van der Waals surface area (Å²) in [6, 6.07) is 0. The van der Waals surface area contributed by atoms with Crippen LogP contribution in [0.25, 0.3) is 0 Å². The fraction of sp³-hybridized carbons (Fsp3) is 0.917. The normalized spacial score (nSPS) is 18.3. The first-order valence-corrected chi connectivity index (χ1v) is 6.17. The number of likely N-dealkylation sites (tertiary alicyclic amines) is 1. The number of ether oxygens (including phenoxy) is 1. The molecule has 0 aliphatic carbocycles. The van der Waals surface area contributed by atoms with E-state index >= 15 is 0 Å². The van der Waals surface area contributed by atoms with Gasteiger partial charge in [-0.25, -0.2) is 0 Å². The van der Waals surface area contributed by atoms with E-state index in [2.05, 4.69) is 0 Å². The Morgan fingerprint density at radius 1 is 1.25 bits per heavy atom. The van der Waals surface area contributed by atoms with Crippen molar-refractivity contribution in [3.8, 4) is 0 Å². The van der Waals surface area contributed by atoms with Crippen molar-refractivity contribution >= 4 is 5.91 Å². The van der Waals surface area contributed by atoms with E-state index in [4.69, 9.17) is 10.5 Å². The summed E-state index contributed by atoms with van der Waals surface area (Å²) in [5, 5.41) is 0. The summed E-state index contributed by atoms with van der Waals surface area (Å²) in [4.78, 5) is 13.8. The van der Waals surface area contributed by atoms with Crippen LogP contribution in [0.2, 0.25) is 0 Å². The van der Waals surface area contributed by atoms with Crippen molar-refractivity contribution in [2.75, 3.05) is 26.2 Å². The number of carbonyl (C=O) groups excluding carboxylic acids is 1. The first-order chi connectivity index (χ1) is 7.55. The van der Waals surface area contributed by atoms with Gasteiger partial charge in [-0.1, -0.05) is 12.8 Å². The van der Waals surface area contributed by atoms with Crippen LogP contribution in [0, 0.1) is 0 Å². The number of nitrogens with two attached hydrogens (primary N) is 1. The third kappa shape index (κ3) is 4.49. The summed E-state index contributed by atoms with van der Waals surface area (Å²) >= 11 is 0. The third-order valence-electron chi connectivity index (χ3n) is 3.04. The van der Waals surface area contributed by atoms with Crippen molar-refractivity contribution < 1.29 is 9.53 Å². The lowest BCUT2D eigenvalue weighted by atomic mass is 10.1. The molecule has 0 radical (unpaired) electrons. The molecule has 4 nitrogen and oxygen atoms in total. The molecule has 0 aromatic carbocycles. The van der Waals surface area contributed by atoms with Gasteiger partial charge in [-0.15, -0.1) is 0 Å². The maximum absolute atomic E-state index is 11.9. The van der Waals surface area contributed by atoms with Crippen LogP contribution in [0.3, 0.4) is 0 Å². The van der Waals surface area contributed by atoms with Gasteiger partial charge in [0.05, 0.1) is 5.60 Å². The molecule has 1 amide bonds. The van der Waals surface area contributed by atoms with Crippen molar-refractivity contribution in [2.24, 2.45) is 5.73 Å². The Hall–Kier alpha value is -0.610. The molecule has 0 atom stereocenters. The van der Waals surface area contributed by atoms with Crippen molar-refractivity contribution in [2.45, 2.75) is 45.1 Å². The SMILES string of the molecule is CC(C)(CN)OCC(=O)N1CCCCCC1. The van der Waals surface area contributed by atoms with Crippen LogP contribution in [-0.2, 0) is 9.53 Å². The van der Waals surface area contributed by atoms with Crippen molar-refractivity contribution in [1.82, 2.24) is 4.90 Å². The van der Waals surface area contributed by atoms with E-state index in [1.807, 2.05) is 18.7 Å². The van der Waals surface area contributed by atoms with Crippen LogP contribution in [0.15, 0.2) is 0 Å².